The zero-order valence-corrected chi connectivity index (χ0v) is 16.8. The van der Waals surface area contributed by atoms with Crippen molar-refractivity contribution in [3.63, 3.8) is 0 Å². The standard InChI is InChI=1S/C24H25NO5/c26-24(9-5-17-4-7-20-22(15-17)28-12-2-11-27-20)25-10-1-3-19(25)18-6-8-21-23(16-18)30-14-13-29-21/h4-9,15-16,19H,1-3,10-14H2/b9-5+/t19-/m0/s1. The monoisotopic (exact) mass is 407 g/mol. The number of hydrogen-bond donors (Lipinski definition) is 0. The molecule has 0 saturated carbocycles. The number of rotatable bonds is 3. The predicted octanol–water partition coefficient (Wildman–Crippen LogP) is 4.00. The van der Waals surface area contributed by atoms with Gasteiger partial charge in [-0.05, 0) is 54.3 Å². The largest absolute Gasteiger partial charge is 0.490 e. The van der Waals surface area contributed by atoms with Crippen LogP contribution in [0.4, 0.5) is 0 Å². The van der Waals surface area contributed by atoms with Crippen molar-refractivity contribution in [3.8, 4) is 23.0 Å². The summed E-state index contributed by atoms with van der Waals surface area (Å²) in [7, 11) is 0. The molecule has 0 spiro atoms. The van der Waals surface area contributed by atoms with Crippen LogP contribution in [-0.4, -0.2) is 43.8 Å². The summed E-state index contributed by atoms with van der Waals surface area (Å²) >= 11 is 0. The van der Waals surface area contributed by atoms with E-state index in [2.05, 4.69) is 0 Å². The van der Waals surface area contributed by atoms with Gasteiger partial charge in [-0.2, -0.15) is 0 Å². The first-order valence-corrected chi connectivity index (χ1v) is 10.6. The predicted molar refractivity (Wildman–Crippen MR) is 112 cm³/mol. The Morgan fingerprint density at radius 3 is 2.40 bits per heavy atom. The molecular weight excluding hydrogens is 382 g/mol. The van der Waals surface area contributed by atoms with Crippen LogP contribution < -0.4 is 18.9 Å². The lowest BCUT2D eigenvalue weighted by molar-refractivity contribution is -0.126. The summed E-state index contributed by atoms with van der Waals surface area (Å²) in [5.74, 6) is 3.04. The fourth-order valence-electron chi connectivity index (χ4n) is 4.19. The Balaban J connectivity index is 1.31. The molecule has 6 heteroatoms. The second-order valence-corrected chi connectivity index (χ2v) is 7.68. The van der Waals surface area contributed by atoms with E-state index in [1.165, 1.54) is 0 Å². The van der Waals surface area contributed by atoms with E-state index in [4.69, 9.17) is 18.9 Å². The number of nitrogens with zero attached hydrogens (tertiary/aromatic N) is 1. The third-order valence-electron chi connectivity index (χ3n) is 5.68. The number of carbonyl (C=O) groups excluding carboxylic acids is 1. The number of likely N-dealkylation sites (tertiary alicyclic amines) is 1. The Labute approximate surface area is 176 Å². The van der Waals surface area contributed by atoms with Gasteiger partial charge < -0.3 is 23.8 Å². The number of benzene rings is 2. The van der Waals surface area contributed by atoms with Crippen LogP contribution in [0.2, 0.25) is 0 Å². The van der Waals surface area contributed by atoms with Crippen molar-refractivity contribution in [2.24, 2.45) is 0 Å². The second kappa shape index (κ2) is 8.30. The molecular formula is C24H25NO5. The maximum Gasteiger partial charge on any atom is 0.247 e. The summed E-state index contributed by atoms with van der Waals surface area (Å²) in [6.45, 7) is 3.19. The minimum absolute atomic E-state index is 0.0134. The first-order valence-electron chi connectivity index (χ1n) is 10.6. The lowest BCUT2D eigenvalue weighted by Gasteiger charge is -2.26. The Morgan fingerprint density at radius 2 is 1.53 bits per heavy atom. The van der Waals surface area contributed by atoms with E-state index in [0.717, 1.165) is 59.9 Å². The molecule has 3 aliphatic rings. The fraction of sp³-hybridized carbons (Fsp3) is 0.375. The zero-order chi connectivity index (χ0) is 20.3. The van der Waals surface area contributed by atoms with E-state index in [-0.39, 0.29) is 11.9 Å². The minimum atomic E-state index is 0.0134. The van der Waals surface area contributed by atoms with Crippen LogP contribution >= 0.6 is 0 Å². The average Bonchev–Trinajstić information content (AvgIpc) is 3.16. The maximum atomic E-state index is 13.0. The van der Waals surface area contributed by atoms with Crippen LogP contribution in [0.5, 0.6) is 23.0 Å². The van der Waals surface area contributed by atoms with Crippen molar-refractivity contribution in [2.75, 3.05) is 33.0 Å². The van der Waals surface area contributed by atoms with Crippen LogP contribution in [0.15, 0.2) is 42.5 Å². The molecule has 3 heterocycles. The summed E-state index contributed by atoms with van der Waals surface area (Å²) in [4.78, 5) is 14.9. The van der Waals surface area contributed by atoms with Crippen molar-refractivity contribution < 1.29 is 23.7 Å². The summed E-state index contributed by atoms with van der Waals surface area (Å²) < 4.78 is 22.7. The van der Waals surface area contributed by atoms with E-state index in [1.54, 1.807) is 6.08 Å². The molecule has 1 fully saturated rings. The van der Waals surface area contributed by atoms with Gasteiger partial charge in [0.15, 0.2) is 23.0 Å². The molecule has 0 aromatic heterocycles. The van der Waals surface area contributed by atoms with Gasteiger partial charge in [-0.15, -0.1) is 0 Å². The average molecular weight is 407 g/mol. The molecule has 6 nitrogen and oxygen atoms in total. The Kier molecular flexibility index (Phi) is 5.22. The van der Waals surface area contributed by atoms with Crippen LogP contribution in [0.3, 0.4) is 0 Å². The first-order chi connectivity index (χ1) is 14.8. The minimum Gasteiger partial charge on any atom is -0.490 e. The molecule has 0 radical (unpaired) electrons. The van der Waals surface area contributed by atoms with Gasteiger partial charge in [0.05, 0.1) is 19.3 Å². The van der Waals surface area contributed by atoms with Crippen molar-refractivity contribution >= 4 is 12.0 Å². The second-order valence-electron chi connectivity index (χ2n) is 7.68. The molecule has 5 rings (SSSR count). The Bertz CT molecular complexity index is 970. The maximum absolute atomic E-state index is 13.0. The molecule has 30 heavy (non-hydrogen) atoms. The number of amides is 1. The van der Waals surface area contributed by atoms with Crippen molar-refractivity contribution in [2.45, 2.75) is 25.3 Å². The van der Waals surface area contributed by atoms with Gasteiger partial charge in [-0.1, -0.05) is 12.1 Å². The number of ether oxygens (including phenoxy) is 4. The molecule has 1 atom stereocenters. The van der Waals surface area contributed by atoms with Crippen LogP contribution in [0, 0.1) is 0 Å². The number of carbonyl (C=O) groups is 1. The van der Waals surface area contributed by atoms with E-state index < -0.39 is 0 Å². The lowest BCUT2D eigenvalue weighted by Crippen LogP contribution is -2.29. The van der Waals surface area contributed by atoms with Crippen LogP contribution in [0.1, 0.15) is 36.4 Å². The first kappa shape index (κ1) is 18.9. The molecule has 3 aliphatic heterocycles. The summed E-state index contributed by atoms with van der Waals surface area (Å²) in [6, 6.07) is 11.8. The van der Waals surface area contributed by atoms with Gasteiger partial charge >= 0.3 is 0 Å². The number of hydrogen-bond acceptors (Lipinski definition) is 5. The topological polar surface area (TPSA) is 57.2 Å². The normalized spacial score (nSPS) is 20.3. The van der Waals surface area contributed by atoms with Gasteiger partial charge in [-0.25, -0.2) is 0 Å². The highest BCUT2D eigenvalue weighted by Crippen LogP contribution is 2.38. The summed E-state index contributed by atoms with van der Waals surface area (Å²) in [5.41, 5.74) is 2.01. The molecule has 1 saturated heterocycles. The SMILES string of the molecule is O=C(/C=C/c1ccc2c(c1)OCCCO2)N1CCC[C@H]1c1ccc2c(c1)OCCO2. The number of fused-ring (bicyclic) bond motifs is 2. The van der Waals surface area contributed by atoms with Crippen molar-refractivity contribution in [3.05, 3.63) is 53.6 Å². The van der Waals surface area contributed by atoms with Gasteiger partial charge in [0.2, 0.25) is 5.91 Å². The smallest absolute Gasteiger partial charge is 0.247 e. The highest BCUT2D eigenvalue weighted by atomic mass is 16.6. The third kappa shape index (κ3) is 3.82. The lowest BCUT2D eigenvalue weighted by atomic mass is 10.0. The summed E-state index contributed by atoms with van der Waals surface area (Å²) in [6.07, 6.45) is 6.30. The van der Waals surface area contributed by atoms with Crippen molar-refractivity contribution in [1.29, 1.82) is 0 Å². The molecule has 0 unspecified atom stereocenters. The molecule has 0 N–H and O–H groups in total. The van der Waals surface area contributed by atoms with E-state index in [1.807, 2.05) is 47.4 Å². The Hall–Kier alpha value is -3.15. The molecule has 1 amide bonds. The van der Waals surface area contributed by atoms with Crippen LogP contribution in [0.25, 0.3) is 6.08 Å². The van der Waals surface area contributed by atoms with Crippen LogP contribution in [-0.2, 0) is 4.79 Å². The van der Waals surface area contributed by atoms with Gasteiger partial charge in [0.25, 0.3) is 0 Å². The van der Waals surface area contributed by atoms with E-state index >= 15 is 0 Å². The molecule has 2 aromatic carbocycles. The van der Waals surface area contributed by atoms with E-state index in [9.17, 15) is 4.79 Å². The van der Waals surface area contributed by atoms with Crippen molar-refractivity contribution in [1.82, 2.24) is 4.90 Å². The van der Waals surface area contributed by atoms with Gasteiger partial charge in [-0.3, -0.25) is 4.79 Å². The molecule has 0 aliphatic carbocycles. The van der Waals surface area contributed by atoms with Gasteiger partial charge in [0.1, 0.15) is 13.2 Å². The van der Waals surface area contributed by atoms with E-state index in [0.29, 0.717) is 26.4 Å². The third-order valence-corrected chi connectivity index (χ3v) is 5.68. The Morgan fingerprint density at radius 1 is 0.833 bits per heavy atom. The molecule has 0 bridgehead atoms. The van der Waals surface area contributed by atoms with Gasteiger partial charge in [0, 0.05) is 19.0 Å². The highest BCUT2D eigenvalue weighted by Gasteiger charge is 2.29. The highest BCUT2D eigenvalue weighted by molar-refractivity contribution is 5.92. The zero-order valence-electron chi connectivity index (χ0n) is 16.8. The molecule has 156 valence electrons. The fourth-order valence-corrected chi connectivity index (χ4v) is 4.19. The molecule has 2 aromatic rings. The quantitative estimate of drug-likeness (QED) is 0.720. The summed E-state index contributed by atoms with van der Waals surface area (Å²) in [5, 5.41) is 0.